The fourth-order valence-corrected chi connectivity index (χ4v) is 7.24. The highest BCUT2D eigenvalue weighted by atomic mass is 16.2. The van der Waals surface area contributed by atoms with Gasteiger partial charge >= 0.3 is 0 Å². The molecule has 0 saturated heterocycles. The molecule has 1 heterocycles. The van der Waals surface area contributed by atoms with E-state index in [4.69, 9.17) is 0 Å². The summed E-state index contributed by atoms with van der Waals surface area (Å²) >= 11 is 0. The number of hydrogen-bond acceptors (Lipinski definition) is 3. The van der Waals surface area contributed by atoms with Crippen molar-refractivity contribution in [3.8, 4) is 0 Å². The first-order chi connectivity index (χ1) is 16.0. The van der Waals surface area contributed by atoms with Crippen LogP contribution in [-0.4, -0.2) is 21.6 Å². The van der Waals surface area contributed by atoms with E-state index in [0.717, 1.165) is 48.4 Å². The number of aromatic nitrogens is 2. The lowest BCUT2D eigenvalue weighted by molar-refractivity contribution is -0.146. The predicted octanol–water partition coefficient (Wildman–Crippen LogP) is 4.94. The van der Waals surface area contributed by atoms with Gasteiger partial charge in [0.05, 0.1) is 12.2 Å². The van der Waals surface area contributed by atoms with Gasteiger partial charge in [-0.3, -0.25) is 9.59 Å². The molecule has 1 aromatic carbocycles. The van der Waals surface area contributed by atoms with Crippen LogP contribution in [0.4, 0.5) is 5.82 Å². The van der Waals surface area contributed by atoms with Crippen LogP contribution in [0.3, 0.4) is 0 Å². The van der Waals surface area contributed by atoms with E-state index in [1.54, 1.807) is 6.20 Å². The van der Waals surface area contributed by atoms with E-state index in [9.17, 15) is 9.59 Å². The molecule has 1 unspecified atom stereocenters. The maximum Gasteiger partial charge on any atom is 0.256 e. The molecule has 5 fully saturated rings. The second kappa shape index (κ2) is 8.00. The summed E-state index contributed by atoms with van der Waals surface area (Å²) in [7, 11) is 0. The van der Waals surface area contributed by atoms with Gasteiger partial charge in [-0.05, 0) is 99.7 Å². The minimum Gasteiger partial charge on any atom is -0.352 e. The third-order valence-electron chi connectivity index (χ3n) is 8.79. The van der Waals surface area contributed by atoms with E-state index in [0.29, 0.717) is 24.1 Å². The minimum atomic E-state index is -0.135. The Labute approximate surface area is 195 Å². The first-order valence-corrected chi connectivity index (χ1v) is 12.7. The third kappa shape index (κ3) is 3.98. The molecule has 5 saturated carbocycles. The highest BCUT2D eigenvalue weighted by molar-refractivity contribution is 6.03. The van der Waals surface area contributed by atoms with Gasteiger partial charge in [0.1, 0.15) is 5.82 Å². The Kier molecular flexibility index (Phi) is 5.07. The smallest absolute Gasteiger partial charge is 0.256 e. The number of anilines is 1. The molecule has 1 aromatic heterocycles. The summed E-state index contributed by atoms with van der Waals surface area (Å²) < 4.78 is 1.92. The average Bonchev–Trinajstić information content (AvgIpc) is 3.55. The SMILES string of the molecule is CC(C1CC1)n1nccc1NC(=O)c1ccc(CNC(=O)C23CC4CC(CC(C4)C2)C3)cc1. The van der Waals surface area contributed by atoms with Gasteiger partial charge in [-0.1, -0.05) is 12.1 Å². The van der Waals surface area contributed by atoms with Crippen molar-refractivity contribution in [2.24, 2.45) is 29.1 Å². The summed E-state index contributed by atoms with van der Waals surface area (Å²) in [4.78, 5) is 26.0. The Morgan fingerprint density at radius 3 is 2.27 bits per heavy atom. The van der Waals surface area contributed by atoms with E-state index >= 15 is 0 Å². The summed E-state index contributed by atoms with van der Waals surface area (Å²) in [6.45, 7) is 2.68. The van der Waals surface area contributed by atoms with E-state index in [2.05, 4.69) is 22.7 Å². The molecule has 0 radical (unpaired) electrons. The predicted molar refractivity (Wildman–Crippen MR) is 127 cm³/mol. The van der Waals surface area contributed by atoms with Crippen molar-refractivity contribution < 1.29 is 9.59 Å². The van der Waals surface area contributed by atoms with Gasteiger partial charge in [0.2, 0.25) is 5.91 Å². The minimum absolute atomic E-state index is 0.116. The van der Waals surface area contributed by atoms with Crippen LogP contribution in [0, 0.1) is 29.1 Å². The van der Waals surface area contributed by atoms with Crippen molar-refractivity contribution in [1.82, 2.24) is 15.1 Å². The standard InChI is InChI=1S/C27H34N4O2/c1-17(22-6-7-22)31-24(8-9-29-31)30-25(32)23-4-2-18(3-5-23)16-28-26(33)27-13-19-10-20(14-27)12-21(11-19)15-27/h2-5,8-9,17,19-22H,6-7,10-16H2,1H3,(H,28,33)(H,30,32). The molecule has 33 heavy (non-hydrogen) atoms. The van der Waals surface area contributed by atoms with E-state index in [1.807, 2.05) is 35.0 Å². The molecule has 7 rings (SSSR count). The Balaban J connectivity index is 1.06. The van der Waals surface area contributed by atoms with Gasteiger partial charge in [-0.15, -0.1) is 0 Å². The molecule has 4 bridgehead atoms. The maximum absolute atomic E-state index is 13.2. The number of carbonyl (C=O) groups is 2. The van der Waals surface area contributed by atoms with Crippen molar-refractivity contribution in [3.05, 3.63) is 47.7 Å². The molecule has 6 heteroatoms. The normalized spacial score (nSPS) is 30.8. The van der Waals surface area contributed by atoms with Crippen molar-refractivity contribution in [2.75, 3.05) is 5.32 Å². The molecule has 0 spiro atoms. The number of nitrogens with one attached hydrogen (secondary N) is 2. The van der Waals surface area contributed by atoms with Gasteiger partial charge in [-0.2, -0.15) is 5.10 Å². The zero-order chi connectivity index (χ0) is 22.6. The lowest BCUT2D eigenvalue weighted by Gasteiger charge is -2.55. The van der Waals surface area contributed by atoms with Crippen molar-refractivity contribution in [3.63, 3.8) is 0 Å². The number of rotatable bonds is 7. The molecule has 6 nitrogen and oxygen atoms in total. The Bertz CT molecular complexity index is 1020. The van der Waals surface area contributed by atoms with Crippen LogP contribution in [0.5, 0.6) is 0 Å². The largest absolute Gasteiger partial charge is 0.352 e. The topological polar surface area (TPSA) is 76.0 Å². The summed E-state index contributed by atoms with van der Waals surface area (Å²) in [5, 5.41) is 10.6. The Hall–Kier alpha value is -2.63. The fraction of sp³-hybridized carbons (Fsp3) is 0.593. The molecule has 5 aliphatic carbocycles. The molecular weight excluding hydrogens is 412 g/mol. The van der Waals surface area contributed by atoms with Gasteiger partial charge in [0.25, 0.3) is 5.91 Å². The Morgan fingerprint density at radius 2 is 1.67 bits per heavy atom. The monoisotopic (exact) mass is 446 g/mol. The molecule has 1 atom stereocenters. The number of amides is 2. The summed E-state index contributed by atoms with van der Waals surface area (Å²) in [5.41, 5.74) is 1.52. The van der Waals surface area contributed by atoms with Crippen LogP contribution < -0.4 is 10.6 Å². The molecule has 2 aromatic rings. The van der Waals surface area contributed by atoms with Crippen LogP contribution in [0.15, 0.2) is 36.5 Å². The quantitative estimate of drug-likeness (QED) is 0.633. The molecule has 2 N–H and O–H groups in total. The lowest BCUT2D eigenvalue weighted by atomic mass is 9.49. The maximum atomic E-state index is 13.2. The van der Waals surface area contributed by atoms with Crippen LogP contribution in [-0.2, 0) is 11.3 Å². The summed E-state index contributed by atoms with van der Waals surface area (Å²) in [6.07, 6.45) is 11.5. The van der Waals surface area contributed by atoms with Gasteiger partial charge in [0.15, 0.2) is 0 Å². The van der Waals surface area contributed by atoms with E-state index < -0.39 is 0 Å². The van der Waals surface area contributed by atoms with Gasteiger partial charge in [0, 0.05) is 23.6 Å². The number of benzene rings is 1. The fourth-order valence-electron chi connectivity index (χ4n) is 7.24. The van der Waals surface area contributed by atoms with Crippen LogP contribution in [0.2, 0.25) is 0 Å². The molecule has 2 amide bonds. The van der Waals surface area contributed by atoms with Gasteiger partial charge in [-0.25, -0.2) is 4.68 Å². The van der Waals surface area contributed by atoms with Crippen LogP contribution in [0.25, 0.3) is 0 Å². The second-order valence-electron chi connectivity index (χ2n) is 11.3. The number of nitrogens with zero attached hydrogens (tertiary/aromatic N) is 2. The van der Waals surface area contributed by atoms with Crippen molar-refractivity contribution >= 4 is 17.6 Å². The average molecular weight is 447 g/mol. The molecule has 5 aliphatic rings. The molecule has 174 valence electrons. The highest BCUT2D eigenvalue weighted by Gasteiger charge is 2.54. The van der Waals surface area contributed by atoms with Crippen molar-refractivity contribution in [2.45, 2.75) is 70.9 Å². The van der Waals surface area contributed by atoms with Crippen LogP contribution >= 0.6 is 0 Å². The lowest BCUT2D eigenvalue weighted by Crippen LogP contribution is -2.53. The Morgan fingerprint density at radius 1 is 1.03 bits per heavy atom. The molecule has 0 aliphatic heterocycles. The zero-order valence-electron chi connectivity index (χ0n) is 19.4. The van der Waals surface area contributed by atoms with E-state index in [-0.39, 0.29) is 17.2 Å². The number of carbonyl (C=O) groups excluding carboxylic acids is 2. The van der Waals surface area contributed by atoms with E-state index in [1.165, 1.54) is 32.1 Å². The number of hydrogen-bond donors (Lipinski definition) is 2. The van der Waals surface area contributed by atoms with Gasteiger partial charge < -0.3 is 10.6 Å². The molecular formula is C27H34N4O2. The van der Waals surface area contributed by atoms with Crippen molar-refractivity contribution in [1.29, 1.82) is 0 Å². The second-order valence-corrected chi connectivity index (χ2v) is 11.3. The summed E-state index contributed by atoms with van der Waals surface area (Å²) in [5.74, 6) is 3.82. The van der Waals surface area contributed by atoms with Crippen LogP contribution in [0.1, 0.15) is 80.3 Å². The highest BCUT2D eigenvalue weighted by Crippen LogP contribution is 2.60. The first kappa shape index (κ1) is 20.9. The third-order valence-corrected chi connectivity index (χ3v) is 8.79. The zero-order valence-corrected chi connectivity index (χ0v) is 19.4. The first-order valence-electron chi connectivity index (χ1n) is 12.7. The summed E-state index contributed by atoms with van der Waals surface area (Å²) in [6, 6.07) is 9.72.